The van der Waals surface area contributed by atoms with Crippen LogP contribution in [0, 0.1) is 11.8 Å². The molecule has 3 N–H and O–H groups in total. The Kier molecular flexibility index (Phi) is 12.3. The molecule has 0 aromatic heterocycles. The number of carbonyl (C=O) groups is 1. The van der Waals surface area contributed by atoms with Crippen molar-refractivity contribution in [3.8, 4) is 0 Å². The van der Waals surface area contributed by atoms with E-state index in [1.165, 1.54) is 38.8 Å². The Bertz CT molecular complexity index is 345. The highest BCUT2D eigenvalue weighted by atomic mass is 35.5. The predicted octanol–water partition coefficient (Wildman–Crippen LogP) is 3.36. The second kappa shape index (κ2) is 12.3. The summed E-state index contributed by atoms with van der Waals surface area (Å²) in [5.74, 6) is 1.07. The Morgan fingerprint density at radius 2 is 1.75 bits per heavy atom. The van der Waals surface area contributed by atoms with Crippen LogP contribution in [0.15, 0.2) is 0 Å². The van der Waals surface area contributed by atoms with Gasteiger partial charge in [-0.1, -0.05) is 33.1 Å². The molecule has 1 heterocycles. The molecule has 0 aromatic carbocycles. The lowest BCUT2D eigenvalue weighted by Gasteiger charge is -2.34. The van der Waals surface area contributed by atoms with Crippen LogP contribution in [0.5, 0.6) is 0 Å². The molecule has 2 rings (SSSR count). The summed E-state index contributed by atoms with van der Waals surface area (Å²) < 4.78 is 0. The van der Waals surface area contributed by atoms with Crippen molar-refractivity contribution in [1.29, 1.82) is 0 Å². The van der Waals surface area contributed by atoms with E-state index in [9.17, 15) is 4.79 Å². The minimum absolute atomic E-state index is 0. The number of amides is 1. The lowest BCUT2D eigenvalue weighted by atomic mass is 9.85. The summed E-state index contributed by atoms with van der Waals surface area (Å²) in [6.45, 7) is 7.77. The molecule has 0 spiro atoms. The molecular weight excluding hydrogens is 345 g/mol. The van der Waals surface area contributed by atoms with Gasteiger partial charge >= 0.3 is 0 Å². The molecule has 2 fully saturated rings. The van der Waals surface area contributed by atoms with Gasteiger partial charge in [-0.05, 0) is 51.1 Å². The fraction of sp³-hybridized carbons (Fsp3) is 0.944. The Morgan fingerprint density at radius 1 is 1.12 bits per heavy atom. The Morgan fingerprint density at radius 3 is 2.29 bits per heavy atom. The molecule has 1 aliphatic carbocycles. The molecular formula is C18H37Cl2N3O. The van der Waals surface area contributed by atoms with Crippen molar-refractivity contribution < 1.29 is 4.79 Å². The van der Waals surface area contributed by atoms with Gasteiger partial charge in [0.2, 0.25) is 5.91 Å². The largest absolute Gasteiger partial charge is 0.354 e. The third-order valence-electron chi connectivity index (χ3n) is 5.77. The number of halogens is 2. The van der Waals surface area contributed by atoms with Crippen LogP contribution in [0.3, 0.4) is 0 Å². The second-order valence-corrected chi connectivity index (χ2v) is 7.26. The number of hydrogen-bond donors (Lipinski definition) is 2. The van der Waals surface area contributed by atoms with E-state index in [4.69, 9.17) is 5.73 Å². The average molecular weight is 382 g/mol. The summed E-state index contributed by atoms with van der Waals surface area (Å²) >= 11 is 0. The zero-order chi connectivity index (χ0) is 15.9. The molecule has 6 heteroatoms. The minimum atomic E-state index is 0. The molecule has 1 aliphatic heterocycles. The average Bonchev–Trinajstić information content (AvgIpc) is 3.05. The van der Waals surface area contributed by atoms with E-state index in [1.807, 2.05) is 0 Å². The van der Waals surface area contributed by atoms with E-state index >= 15 is 0 Å². The summed E-state index contributed by atoms with van der Waals surface area (Å²) in [6.07, 6.45) is 9.06. The predicted molar refractivity (Wildman–Crippen MR) is 106 cm³/mol. The number of nitrogens with two attached hydrogens (primary N) is 1. The molecule has 24 heavy (non-hydrogen) atoms. The molecule has 3 atom stereocenters. The Labute approximate surface area is 160 Å². The van der Waals surface area contributed by atoms with Crippen LogP contribution < -0.4 is 11.1 Å². The summed E-state index contributed by atoms with van der Waals surface area (Å²) in [7, 11) is 0. The summed E-state index contributed by atoms with van der Waals surface area (Å²) in [4.78, 5) is 15.1. The molecule has 0 bridgehead atoms. The smallest absolute Gasteiger partial charge is 0.223 e. The van der Waals surface area contributed by atoms with E-state index in [-0.39, 0.29) is 42.7 Å². The summed E-state index contributed by atoms with van der Waals surface area (Å²) in [5, 5.41) is 3.26. The molecule has 4 nitrogen and oxygen atoms in total. The highest BCUT2D eigenvalue weighted by Gasteiger charge is 2.30. The van der Waals surface area contributed by atoms with Crippen LogP contribution in [-0.4, -0.2) is 42.5 Å². The van der Waals surface area contributed by atoms with Crippen LogP contribution in [0.1, 0.15) is 65.2 Å². The van der Waals surface area contributed by atoms with Gasteiger partial charge in [0.05, 0.1) is 0 Å². The monoisotopic (exact) mass is 381 g/mol. The quantitative estimate of drug-likeness (QED) is 0.710. The molecule has 1 saturated heterocycles. The second-order valence-electron chi connectivity index (χ2n) is 7.26. The zero-order valence-electron chi connectivity index (χ0n) is 15.3. The SMILES string of the molecule is CCC(CC)C(CNC(=O)C1CCCC(N)C1)N1CCCC1.Cl.Cl. The lowest BCUT2D eigenvalue weighted by Crippen LogP contribution is -2.48. The summed E-state index contributed by atoms with van der Waals surface area (Å²) in [5.41, 5.74) is 6.02. The van der Waals surface area contributed by atoms with E-state index in [1.54, 1.807) is 0 Å². The van der Waals surface area contributed by atoms with Crippen LogP contribution in [0.2, 0.25) is 0 Å². The van der Waals surface area contributed by atoms with Crippen LogP contribution in [0.25, 0.3) is 0 Å². The topological polar surface area (TPSA) is 58.4 Å². The highest BCUT2D eigenvalue weighted by molar-refractivity contribution is 5.85. The van der Waals surface area contributed by atoms with Crippen LogP contribution >= 0.6 is 24.8 Å². The molecule has 3 unspecified atom stereocenters. The molecule has 1 saturated carbocycles. The van der Waals surface area contributed by atoms with E-state index in [0.717, 1.165) is 32.2 Å². The highest BCUT2D eigenvalue weighted by Crippen LogP contribution is 2.25. The third kappa shape index (κ3) is 6.70. The van der Waals surface area contributed by atoms with Gasteiger partial charge in [-0.3, -0.25) is 9.69 Å². The van der Waals surface area contributed by atoms with Crippen LogP contribution in [0.4, 0.5) is 0 Å². The number of hydrogen-bond acceptors (Lipinski definition) is 3. The van der Waals surface area contributed by atoms with Gasteiger partial charge in [-0.25, -0.2) is 0 Å². The van der Waals surface area contributed by atoms with Crippen molar-refractivity contribution in [1.82, 2.24) is 10.2 Å². The molecule has 2 aliphatic rings. The number of likely N-dealkylation sites (tertiary alicyclic amines) is 1. The molecule has 144 valence electrons. The maximum atomic E-state index is 12.5. The number of nitrogens with one attached hydrogen (secondary N) is 1. The minimum Gasteiger partial charge on any atom is -0.354 e. The van der Waals surface area contributed by atoms with Gasteiger partial charge in [-0.2, -0.15) is 0 Å². The maximum absolute atomic E-state index is 12.5. The summed E-state index contributed by atoms with van der Waals surface area (Å²) in [6, 6.07) is 0.733. The maximum Gasteiger partial charge on any atom is 0.223 e. The first kappa shape index (κ1) is 24.0. The fourth-order valence-corrected chi connectivity index (χ4v) is 4.32. The van der Waals surface area contributed by atoms with Gasteiger partial charge in [-0.15, -0.1) is 24.8 Å². The molecule has 1 amide bonds. The van der Waals surface area contributed by atoms with Gasteiger partial charge in [0.15, 0.2) is 0 Å². The first-order valence-electron chi connectivity index (χ1n) is 9.43. The fourth-order valence-electron chi connectivity index (χ4n) is 4.32. The van der Waals surface area contributed by atoms with Gasteiger partial charge < -0.3 is 11.1 Å². The van der Waals surface area contributed by atoms with Crippen molar-refractivity contribution >= 4 is 30.7 Å². The molecule has 0 aromatic rings. The van der Waals surface area contributed by atoms with Gasteiger partial charge in [0.1, 0.15) is 0 Å². The van der Waals surface area contributed by atoms with Crippen molar-refractivity contribution in [2.75, 3.05) is 19.6 Å². The Balaban J connectivity index is 0.00000264. The van der Waals surface area contributed by atoms with E-state index in [0.29, 0.717) is 12.0 Å². The first-order chi connectivity index (χ1) is 10.7. The van der Waals surface area contributed by atoms with Gasteiger partial charge in [0, 0.05) is 24.5 Å². The number of rotatable bonds is 7. The van der Waals surface area contributed by atoms with Crippen molar-refractivity contribution in [2.24, 2.45) is 17.6 Å². The third-order valence-corrected chi connectivity index (χ3v) is 5.77. The number of nitrogens with zero attached hydrogens (tertiary/aromatic N) is 1. The van der Waals surface area contributed by atoms with Crippen molar-refractivity contribution in [2.45, 2.75) is 77.3 Å². The van der Waals surface area contributed by atoms with Crippen LogP contribution in [-0.2, 0) is 4.79 Å². The normalized spacial score (nSPS) is 25.7. The lowest BCUT2D eigenvalue weighted by molar-refractivity contribution is -0.126. The van der Waals surface area contributed by atoms with E-state index in [2.05, 4.69) is 24.1 Å². The van der Waals surface area contributed by atoms with E-state index < -0.39 is 0 Å². The zero-order valence-corrected chi connectivity index (χ0v) is 17.0. The number of carbonyl (C=O) groups excluding carboxylic acids is 1. The van der Waals surface area contributed by atoms with Crippen molar-refractivity contribution in [3.05, 3.63) is 0 Å². The van der Waals surface area contributed by atoms with Gasteiger partial charge in [0.25, 0.3) is 0 Å². The molecule has 0 radical (unpaired) electrons. The van der Waals surface area contributed by atoms with Crippen molar-refractivity contribution in [3.63, 3.8) is 0 Å². The first-order valence-corrected chi connectivity index (χ1v) is 9.43. The standard InChI is InChI=1S/C18H35N3O.2ClH/c1-3-14(4-2)17(21-10-5-6-11-21)13-20-18(22)15-8-7-9-16(19)12-15;;/h14-17H,3-13,19H2,1-2H3,(H,20,22);2*1H. The Hall–Kier alpha value is -0.0300.